The molecule has 0 bridgehead atoms. The van der Waals surface area contributed by atoms with E-state index < -0.39 is 6.04 Å². The Morgan fingerprint density at radius 1 is 1.13 bits per heavy atom. The summed E-state index contributed by atoms with van der Waals surface area (Å²) in [6, 6.07) is 14.0. The smallest absolute Gasteiger partial charge is 0.240 e. The van der Waals surface area contributed by atoms with E-state index in [0.717, 1.165) is 22.7 Å². The summed E-state index contributed by atoms with van der Waals surface area (Å²) in [5.74, 6) is -0.00578. The number of benzene rings is 2. The summed E-state index contributed by atoms with van der Waals surface area (Å²) in [6.07, 6.45) is 0.883. The zero-order chi connectivity index (χ0) is 23.2. The number of fused-ring (bicyclic) bond motifs is 1. The third-order valence-corrected chi connectivity index (χ3v) is 6.37. The highest BCUT2D eigenvalue weighted by atomic mass is 32.1. The molecule has 3 aromatic rings. The van der Waals surface area contributed by atoms with Gasteiger partial charge in [0.05, 0.1) is 17.8 Å². The van der Waals surface area contributed by atoms with Crippen LogP contribution in [0.25, 0.3) is 22.0 Å². The second kappa shape index (κ2) is 10.9. The molecular formula is C26H37N3OS. The lowest BCUT2D eigenvalue weighted by atomic mass is 9.86. The van der Waals surface area contributed by atoms with Crippen LogP contribution in [0.3, 0.4) is 0 Å². The van der Waals surface area contributed by atoms with Crippen molar-refractivity contribution in [3.8, 4) is 11.3 Å². The molecule has 5 heteroatoms. The van der Waals surface area contributed by atoms with Crippen molar-refractivity contribution in [3.05, 3.63) is 52.9 Å². The summed E-state index contributed by atoms with van der Waals surface area (Å²) >= 11 is 1.61. The zero-order valence-corrected chi connectivity index (χ0v) is 20.8. The average molecular weight is 440 g/mol. The van der Waals surface area contributed by atoms with E-state index in [1.165, 1.54) is 10.8 Å². The Morgan fingerprint density at radius 2 is 1.77 bits per heavy atom. The molecule has 1 aromatic heterocycles. The number of amides is 1. The molecule has 1 amide bonds. The van der Waals surface area contributed by atoms with Crippen LogP contribution < -0.4 is 5.73 Å². The molecule has 3 rings (SSSR count). The fourth-order valence-corrected chi connectivity index (χ4v) is 4.36. The largest absolute Gasteiger partial charge is 0.332 e. The van der Waals surface area contributed by atoms with Crippen molar-refractivity contribution in [3.63, 3.8) is 0 Å². The molecule has 168 valence electrons. The van der Waals surface area contributed by atoms with Crippen molar-refractivity contribution >= 4 is 28.0 Å². The van der Waals surface area contributed by atoms with Crippen molar-refractivity contribution in [1.29, 1.82) is 0 Å². The second-order valence-electron chi connectivity index (χ2n) is 8.65. The monoisotopic (exact) mass is 439 g/mol. The summed E-state index contributed by atoms with van der Waals surface area (Å²) in [5, 5.41) is 5.42. The lowest BCUT2D eigenvalue weighted by Crippen LogP contribution is -2.51. The number of nitrogens with zero attached hydrogens (tertiary/aromatic N) is 2. The minimum absolute atomic E-state index is 0.00578. The van der Waals surface area contributed by atoms with E-state index in [2.05, 4.69) is 55.6 Å². The fourth-order valence-electron chi connectivity index (χ4n) is 3.47. The molecule has 0 radical (unpaired) electrons. The molecule has 0 spiro atoms. The molecule has 0 aliphatic carbocycles. The Kier molecular flexibility index (Phi) is 8.78. The van der Waals surface area contributed by atoms with Crippen LogP contribution in [0.2, 0.25) is 0 Å². The average Bonchev–Trinajstić information content (AvgIpc) is 3.26. The van der Waals surface area contributed by atoms with E-state index in [1.807, 2.05) is 45.6 Å². The van der Waals surface area contributed by atoms with Gasteiger partial charge in [0.15, 0.2) is 0 Å². The summed E-state index contributed by atoms with van der Waals surface area (Å²) in [4.78, 5) is 19.9. The molecule has 2 N–H and O–H groups in total. The van der Waals surface area contributed by atoms with E-state index in [1.54, 1.807) is 11.3 Å². The topological polar surface area (TPSA) is 59.2 Å². The molecular weight excluding hydrogens is 402 g/mol. The van der Waals surface area contributed by atoms with Gasteiger partial charge in [-0.2, -0.15) is 0 Å². The lowest BCUT2D eigenvalue weighted by molar-refractivity contribution is -0.137. The first-order valence-corrected chi connectivity index (χ1v) is 12.1. The van der Waals surface area contributed by atoms with Crippen LogP contribution >= 0.6 is 11.3 Å². The normalized spacial score (nSPS) is 13.3. The van der Waals surface area contributed by atoms with E-state index in [-0.39, 0.29) is 17.4 Å². The molecule has 1 heterocycles. The van der Waals surface area contributed by atoms with Crippen molar-refractivity contribution in [2.75, 3.05) is 6.54 Å². The number of nitrogens with two attached hydrogens (primary N) is 1. The first kappa shape index (κ1) is 25.0. The highest BCUT2D eigenvalue weighted by Gasteiger charge is 2.33. The zero-order valence-electron chi connectivity index (χ0n) is 20.0. The van der Waals surface area contributed by atoms with Gasteiger partial charge >= 0.3 is 0 Å². The third-order valence-electron chi connectivity index (χ3n) is 5.36. The standard InChI is InChI=1S/C24H31N3OS.C2H6/c1-6-14-27(23(28)21(25)24(3,4)5)16(2)22-26-20(15-29-22)19-13-9-11-17-10-7-8-12-18(17)19;1-2/h7-13,15-16,21H,6,14,25H2,1-5H3;1-2H3. The van der Waals surface area contributed by atoms with Crippen LogP contribution in [-0.4, -0.2) is 28.4 Å². The lowest BCUT2D eigenvalue weighted by Gasteiger charge is -2.34. The van der Waals surface area contributed by atoms with Crippen LogP contribution in [0.4, 0.5) is 0 Å². The van der Waals surface area contributed by atoms with Gasteiger partial charge < -0.3 is 10.6 Å². The van der Waals surface area contributed by atoms with E-state index in [0.29, 0.717) is 6.54 Å². The van der Waals surface area contributed by atoms with Gasteiger partial charge in [0, 0.05) is 17.5 Å². The predicted molar refractivity (Wildman–Crippen MR) is 134 cm³/mol. The van der Waals surface area contributed by atoms with Gasteiger partial charge in [0.1, 0.15) is 5.01 Å². The maximum absolute atomic E-state index is 13.1. The van der Waals surface area contributed by atoms with Crippen molar-refractivity contribution < 1.29 is 4.79 Å². The molecule has 2 aromatic carbocycles. The van der Waals surface area contributed by atoms with Crippen LogP contribution in [-0.2, 0) is 4.79 Å². The van der Waals surface area contributed by atoms with Crippen LogP contribution in [0, 0.1) is 5.41 Å². The Bertz CT molecular complexity index is 984. The molecule has 31 heavy (non-hydrogen) atoms. The van der Waals surface area contributed by atoms with Gasteiger partial charge in [-0.05, 0) is 29.5 Å². The van der Waals surface area contributed by atoms with Crippen LogP contribution in [0.15, 0.2) is 47.8 Å². The van der Waals surface area contributed by atoms with Gasteiger partial charge in [-0.1, -0.05) is 84.0 Å². The Morgan fingerprint density at radius 3 is 2.42 bits per heavy atom. The molecule has 0 saturated carbocycles. The van der Waals surface area contributed by atoms with Crippen molar-refractivity contribution in [2.45, 2.75) is 67.0 Å². The van der Waals surface area contributed by atoms with Gasteiger partial charge in [-0.3, -0.25) is 4.79 Å². The third kappa shape index (κ3) is 5.72. The quantitative estimate of drug-likeness (QED) is 0.467. The van der Waals surface area contributed by atoms with Gasteiger partial charge in [-0.15, -0.1) is 11.3 Å². The number of rotatable bonds is 6. The Hall–Kier alpha value is -2.24. The van der Waals surface area contributed by atoms with Gasteiger partial charge in [0.2, 0.25) is 5.91 Å². The predicted octanol–water partition coefficient (Wildman–Crippen LogP) is 6.66. The SMILES string of the molecule is CC.CCCN(C(=O)C(N)C(C)(C)C)C(C)c1nc(-c2cccc3ccccc23)cs1. The van der Waals surface area contributed by atoms with Gasteiger partial charge in [0.25, 0.3) is 0 Å². The highest BCUT2D eigenvalue weighted by molar-refractivity contribution is 7.10. The van der Waals surface area contributed by atoms with E-state index in [9.17, 15) is 4.79 Å². The molecule has 2 unspecified atom stereocenters. The van der Waals surface area contributed by atoms with Crippen molar-refractivity contribution in [2.24, 2.45) is 11.1 Å². The van der Waals surface area contributed by atoms with Crippen LogP contribution in [0.1, 0.15) is 65.9 Å². The summed E-state index contributed by atoms with van der Waals surface area (Å²) in [7, 11) is 0. The fraction of sp³-hybridized carbons (Fsp3) is 0.462. The maximum Gasteiger partial charge on any atom is 0.240 e. The second-order valence-corrected chi connectivity index (χ2v) is 9.54. The molecule has 4 nitrogen and oxygen atoms in total. The Balaban J connectivity index is 0.00000166. The minimum atomic E-state index is -0.533. The summed E-state index contributed by atoms with van der Waals surface area (Å²) in [6.45, 7) is 14.8. The number of thiazole rings is 1. The Labute approximate surface area is 191 Å². The molecule has 0 aliphatic rings. The number of hydrogen-bond donors (Lipinski definition) is 1. The number of carbonyl (C=O) groups excluding carboxylic acids is 1. The number of hydrogen-bond acceptors (Lipinski definition) is 4. The number of carbonyl (C=O) groups is 1. The number of aromatic nitrogens is 1. The first-order valence-electron chi connectivity index (χ1n) is 11.2. The van der Waals surface area contributed by atoms with Crippen molar-refractivity contribution in [1.82, 2.24) is 9.88 Å². The molecule has 0 saturated heterocycles. The maximum atomic E-state index is 13.1. The van der Waals surface area contributed by atoms with Crippen LogP contribution in [0.5, 0.6) is 0 Å². The van der Waals surface area contributed by atoms with E-state index >= 15 is 0 Å². The minimum Gasteiger partial charge on any atom is -0.332 e. The van der Waals surface area contributed by atoms with E-state index in [4.69, 9.17) is 10.7 Å². The highest BCUT2D eigenvalue weighted by Crippen LogP contribution is 2.33. The first-order chi connectivity index (χ1) is 14.7. The summed E-state index contributed by atoms with van der Waals surface area (Å²) < 4.78 is 0. The molecule has 0 aliphatic heterocycles. The molecule has 2 atom stereocenters. The van der Waals surface area contributed by atoms with Gasteiger partial charge in [-0.25, -0.2) is 4.98 Å². The summed E-state index contributed by atoms with van der Waals surface area (Å²) in [5.41, 5.74) is 8.09. The molecule has 0 fully saturated rings.